The summed E-state index contributed by atoms with van der Waals surface area (Å²) in [6.07, 6.45) is 0. The number of carbonyl (C=O) groups excluding carboxylic acids is 1. The molecule has 0 fully saturated rings. The quantitative estimate of drug-likeness (QED) is 0.672. The van der Waals surface area contributed by atoms with Crippen LogP contribution in [0.5, 0.6) is 0 Å². The largest absolute Gasteiger partial charge is 0.276 e. The van der Waals surface area contributed by atoms with Gasteiger partial charge in [-0.1, -0.05) is 0 Å². The lowest BCUT2D eigenvalue weighted by Gasteiger charge is -1.83. The van der Waals surface area contributed by atoms with Gasteiger partial charge in [-0.05, 0) is 39.0 Å². The highest BCUT2D eigenvalue weighted by Gasteiger charge is 2.06. The molecule has 0 unspecified atom stereocenters. The van der Waals surface area contributed by atoms with Crippen molar-refractivity contribution in [3.8, 4) is 0 Å². The maximum absolute atomic E-state index is 10.5. The van der Waals surface area contributed by atoms with Crippen LogP contribution >= 0.6 is 38.9 Å². The average Bonchev–Trinajstić information content (AvgIpc) is 2.13. The van der Waals surface area contributed by atoms with Crippen LogP contribution in [0.1, 0.15) is 10.4 Å². The number of thiophene rings is 1. The summed E-state index contributed by atoms with van der Waals surface area (Å²) in [5, 5.41) is 1.39. The zero-order valence-electron chi connectivity index (χ0n) is 4.23. The number of hydrogen-bond acceptors (Lipinski definition) is 2. The fraction of sp³-hybridized carbons (Fsp3) is 0. The molecule has 1 aromatic heterocycles. The Kier molecular flexibility index (Phi) is 2.27. The maximum Gasteiger partial charge on any atom is 0.254 e. The third-order valence-electron chi connectivity index (χ3n) is 0.830. The van der Waals surface area contributed by atoms with Crippen molar-refractivity contribution in [1.82, 2.24) is 0 Å². The Labute approximate surface area is 69.8 Å². The number of carbonyl (C=O) groups is 1. The minimum atomic E-state index is -0.414. The smallest absolute Gasteiger partial charge is 0.254 e. The molecule has 0 aliphatic heterocycles. The zero-order chi connectivity index (χ0) is 6.85. The molecule has 0 atom stereocenters. The maximum atomic E-state index is 10.5. The first kappa shape index (κ1) is 7.25. The van der Waals surface area contributed by atoms with E-state index < -0.39 is 5.24 Å². The highest BCUT2D eigenvalue weighted by Crippen LogP contribution is 2.24. The van der Waals surface area contributed by atoms with Gasteiger partial charge in [0.05, 0.1) is 9.35 Å². The van der Waals surface area contributed by atoms with E-state index in [1.807, 2.05) is 0 Å². The summed E-state index contributed by atoms with van der Waals surface area (Å²) < 4.78 is 0.794. The van der Waals surface area contributed by atoms with Gasteiger partial charge >= 0.3 is 0 Å². The topological polar surface area (TPSA) is 17.1 Å². The average molecular weight is 225 g/mol. The molecule has 1 aromatic rings. The van der Waals surface area contributed by atoms with Crippen LogP contribution in [0.15, 0.2) is 15.2 Å². The molecule has 0 aliphatic carbocycles. The van der Waals surface area contributed by atoms with E-state index in [0.717, 1.165) is 3.79 Å². The predicted molar refractivity (Wildman–Crippen MR) is 42.2 cm³/mol. The lowest BCUT2D eigenvalue weighted by molar-refractivity contribution is 0.108. The van der Waals surface area contributed by atoms with Gasteiger partial charge < -0.3 is 0 Å². The SMILES string of the molecule is O=C(Cl)c1ccsc1Br. The van der Waals surface area contributed by atoms with Crippen LogP contribution < -0.4 is 0 Å². The van der Waals surface area contributed by atoms with Gasteiger partial charge in [0.25, 0.3) is 5.24 Å². The van der Waals surface area contributed by atoms with E-state index in [9.17, 15) is 4.79 Å². The number of hydrogen-bond donors (Lipinski definition) is 0. The molecular formula is C5H2BrClOS. The van der Waals surface area contributed by atoms with Crippen LogP contribution in [-0.2, 0) is 0 Å². The van der Waals surface area contributed by atoms with E-state index in [2.05, 4.69) is 15.9 Å². The van der Waals surface area contributed by atoms with Gasteiger partial charge in [0, 0.05) is 0 Å². The minimum Gasteiger partial charge on any atom is -0.276 e. The Morgan fingerprint density at radius 2 is 2.44 bits per heavy atom. The summed E-state index contributed by atoms with van der Waals surface area (Å²) >= 11 is 9.81. The summed E-state index contributed by atoms with van der Waals surface area (Å²) in [5.74, 6) is 0. The fourth-order valence-electron chi connectivity index (χ4n) is 0.434. The van der Waals surface area contributed by atoms with Crippen LogP contribution in [0.2, 0.25) is 0 Å². The second-order valence-corrected chi connectivity index (χ2v) is 3.96. The summed E-state index contributed by atoms with van der Waals surface area (Å²) in [4.78, 5) is 10.5. The molecule has 1 nitrogen and oxygen atoms in total. The van der Waals surface area contributed by atoms with Crippen molar-refractivity contribution in [2.24, 2.45) is 0 Å². The molecule has 48 valence electrons. The second-order valence-electron chi connectivity index (χ2n) is 1.38. The molecule has 0 radical (unpaired) electrons. The van der Waals surface area contributed by atoms with Crippen molar-refractivity contribution >= 4 is 44.1 Å². The van der Waals surface area contributed by atoms with Gasteiger partial charge in [0.2, 0.25) is 0 Å². The summed E-state index contributed by atoms with van der Waals surface area (Å²) in [6.45, 7) is 0. The van der Waals surface area contributed by atoms with E-state index in [0.29, 0.717) is 5.56 Å². The van der Waals surface area contributed by atoms with Crippen molar-refractivity contribution < 1.29 is 4.79 Å². The van der Waals surface area contributed by atoms with E-state index in [1.165, 1.54) is 11.3 Å². The lowest BCUT2D eigenvalue weighted by Crippen LogP contribution is -1.83. The Hall–Kier alpha value is 0.140. The van der Waals surface area contributed by atoms with Crippen molar-refractivity contribution in [2.75, 3.05) is 0 Å². The van der Waals surface area contributed by atoms with Crippen LogP contribution in [-0.4, -0.2) is 5.24 Å². The Morgan fingerprint density at radius 1 is 1.78 bits per heavy atom. The molecule has 1 heterocycles. The summed E-state index contributed by atoms with van der Waals surface area (Å²) in [7, 11) is 0. The van der Waals surface area contributed by atoms with E-state index in [4.69, 9.17) is 11.6 Å². The fourth-order valence-corrected chi connectivity index (χ4v) is 2.01. The molecular weight excluding hydrogens is 223 g/mol. The van der Waals surface area contributed by atoms with Gasteiger partial charge in [0.1, 0.15) is 0 Å². The van der Waals surface area contributed by atoms with Gasteiger partial charge in [-0.15, -0.1) is 11.3 Å². The van der Waals surface area contributed by atoms with Gasteiger partial charge in [-0.3, -0.25) is 4.79 Å². The van der Waals surface area contributed by atoms with E-state index in [1.54, 1.807) is 11.4 Å². The third-order valence-corrected chi connectivity index (χ3v) is 2.72. The monoisotopic (exact) mass is 224 g/mol. The number of halogens is 2. The molecule has 0 saturated heterocycles. The Balaban J connectivity index is 3.08. The molecule has 0 bridgehead atoms. The first-order valence-electron chi connectivity index (χ1n) is 2.14. The standard InChI is InChI=1S/C5H2BrClOS/c6-4-3(5(7)8)1-2-9-4/h1-2H. The third kappa shape index (κ3) is 1.53. The van der Waals surface area contributed by atoms with Crippen molar-refractivity contribution in [3.63, 3.8) is 0 Å². The van der Waals surface area contributed by atoms with Crippen molar-refractivity contribution in [2.45, 2.75) is 0 Å². The van der Waals surface area contributed by atoms with E-state index in [-0.39, 0.29) is 0 Å². The minimum absolute atomic E-state index is 0.414. The first-order chi connectivity index (χ1) is 4.22. The Bertz CT molecular complexity index is 233. The van der Waals surface area contributed by atoms with Crippen LogP contribution in [0.4, 0.5) is 0 Å². The molecule has 0 aromatic carbocycles. The number of rotatable bonds is 1. The molecule has 0 spiro atoms. The Morgan fingerprint density at radius 3 is 2.67 bits per heavy atom. The van der Waals surface area contributed by atoms with Crippen molar-refractivity contribution in [3.05, 3.63) is 20.8 Å². The first-order valence-corrected chi connectivity index (χ1v) is 4.19. The molecule has 0 amide bonds. The van der Waals surface area contributed by atoms with Crippen LogP contribution in [0.25, 0.3) is 0 Å². The summed E-state index contributed by atoms with van der Waals surface area (Å²) in [5.41, 5.74) is 0.543. The van der Waals surface area contributed by atoms with Crippen LogP contribution in [0.3, 0.4) is 0 Å². The lowest BCUT2D eigenvalue weighted by atomic mass is 10.4. The van der Waals surface area contributed by atoms with E-state index >= 15 is 0 Å². The zero-order valence-corrected chi connectivity index (χ0v) is 7.39. The molecule has 1 rings (SSSR count). The molecule has 0 N–H and O–H groups in total. The molecule has 9 heavy (non-hydrogen) atoms. The van der Waals surface area contributed by atoms with Gasteiger partial charge in [0.15, 0.2) is 0 Å². The normalized spacial score (nSPS) is 9.56. The highest BCUT2D eigenvalue weighted by atomic mass is 79.9. The second kappa shape index (κ2) is 2.82. The molecule has 4 heteroatoms. The van der Waals surface area contributed by atoms with Gasteiger partial charge in [-0.2, -0.15) is 0 Å². The molecule has 0 saturated carbocycles. The molecule has 0 aliphatic rings. The van der Waals surface area contributed by atoms with Crippen molar-refractivity contribution in [1.29, 1.82) is 0 Å². The predicted octanol–water partition coefficient (Wildman–Crippen LogP) is 2.89. The van der Waals surface area contributed by atoms with Crippen LogP contribution in [0, 0.1) is 0 Å². The highest BCUT2D eigenvalue weighted by molar-refractivity contribution is 9.11. The van der Waals surface area contributed by atoms with Gasteiger partial charge in [-0.25, -0.2) is 0 Å². The summed E-state index contributed by atoms with van der Waals surface area (Å²) in [6, 6.07) is 1.68.